The van der Waals surface area contributed by atoms with Crippen LogP contribution < -0.4 is 10.1 Å². The number of carboxylic acid groups (broad SMARTS) is 1. The van der Waals surface area contributed by atoms with Crippen molar-refractivity contribution >= 4 is 23.6 Å². The summed E-state index contributed by atoms with van der Waals surface area (Å²) in [6.45, 7) is 0. The number of benzene rings is 1. The Morgan fingerprint density at radius 1 is 1.45 bits per heavy atom. The van der Waals surface area contributed by atoms with E-state index in [9.17, 15) is 14.7 Å². The van der Waals surface area contributed by atoms with E-state index in [1.807, 2.05) is 6.26 Å². The van der Waals surface area contributed by atoms with Crippen LogP contribution in [0.15, 0.2) is 18.2 Å². The smallest absolute Gasteiger partial charge is 0.326 e. The van der Waals surface area contributed by atoms with Gasteiger partial charge < -0.3 is 20.3 Å². The van der Waals surface area contributed by atoms with Gasteiger partial charge in [0.15, 0.2) is 0 Å². The van der Waals surface area contributed by atoms with Crippen LogP contribution >= 0.6 is 11.8 Å². The minimum atomic E-state index is -1.10. The monoisotopic (exact) mass is 299 g/mol. The zero-order valence-corrected chi connectivity index (χ0v) is 12.1. The first-order valence-electron chi connectivity index (χ1n) is 5.89. The van der Waals surface area contributed by atoms with Gasteiger partial charge in [0, 0.05) is 0 Å². The molecule has 110 valence electrons. The van der Waals surface area contributed by atoms with Crippen LogP contribution in [0.4, 0.5) is 0 Å². The minimum absolute atomic E-state index is 0.0141. The molecule has 0 fully saturated rings. The number of aliphatic carboxylic acids is 1. The average Bonchev–Trinajstić information content (AvgIpc) is 2.43. The number of amides is 1. The van der Waals surface area contributed by atoms with E-state index in [1.54, 1.807) is 0 Å². The molecule has 7 heteroatoms. The molecule has 0 aliphatic carbocycles. The highest BCUT2D eigenvalue weighted by atomic mass is 32.2. The van der Waals surface area contributed by atoms with Crippen LogP contribution in [0.25, 0.3) is 0 Å². The largest absolute Gasteiger partial charge is 0.507 e. The second kappa shape index (κ2) is 7.64. The van der Waals surface area contributed by atoms with Crippen molar-refractivity contribution in [3.05, 3.63) is 23.8 Å². The first-order valence-corrected chi connectivity index (χ1v) is 7.28. The van der Waals surface area contributed by atoms with Crippen molar-refractivity contribution in [1.82, 2.24) is 5.32 Å². The zero-order valence-electron chi connectivity index (χ0n) is 11.3. The maximum absolute atomic E-state index is 12.0. The Balaban J connectivity index is 2.85. The fourth-order valence-electron chi connectivity index (χ4n) is 1.55. The highest BCUT2D eigenvalue weighted by Gasteiger charge is 2.22. The molecule has 0 bridgehead atoms. The lowest BCUT2D eigenvalue weighted by Crippen LogP contribution is -2.41. The van der Waals surface area contributed by atoms with E-state index in [-0.39, 0.29) is 11.3 Å². The third-order valence-corrected chi connectivity index (χ3v) is 3.31. The number of aromatic hydroxyl groups is 1. The maximum atomic E-state index is 12.0. The van der Waals surface area contributed by atoms with Gasteiger partial charge in [0.1, 0.15) is 17.5 Å². The van der Waals surface area contributed by atoms with E-state index in [2.05, 4.69) is 5.32 Å². The minimum Gasteiger partial charge on any atom is -0.507 e. The van der Waals surface area contributed by atoms with E-state index in [0.29, 0.717) is 17.9 Å². The Morgan fingerprint density at radius 2 is 2.15 bits per heavy atom. The van der Waals surface area contributed by atoms with Gasteiger partial charge in [-0.1, -0.05) is 0 Å². The Morgan fingerprint density at radius 3 is 2.70 bits per heavy atom. The van der Waals surface area contributed by atoms with Gasteiger partial charge in [-0.15, -0.1) is 0 Å². The Kier molecular flexibility index (Phi) is 6.17. The van der Waals surface area contributed by atoms with Gasteiger partial charge in [-0.25, -0.2) is 4.79 Å². The van der Waals surface area contributed by atoms with Gasteiger partial charge in [0.2, 0.25) is 0 Å². The SMILES string of the molecule is COc1ccc(O)c(C(=O)N[C@H](CCSC)C(=O)O)c1. The number of thioether (sulfide) groups is 1. The molecule has 0 saturated carbocycles. The molecule has 0 aliphatic heterocycles. The molecule has 0 unspecified atom stereocenters. The predicted octanol–water partition coefficient (Wildman–Crippen LogP) is 1.34. The summed E-state index contributed by atoms with van der Waals surface area (Å²) in [5.74, 6) is -0.952. The third-order valence-electron chi connectivity index (χ3n) is 2.66. The molecule has 0 radical (unpaired) electrons. The second-order valence-electron chi connectivity index (χ2n) is 4.03. The molecular formula is C13H17NO5S. The number of rotatable bonds is 7. The van der Waals surface area contributed by atoms with E-state index >= 15 is 0 Å². The summed E-state index contributed by atoms with van der Waals surface area (Å²) in [5, 5.41) is 21.1. The van der Waals surface area contributed by atoms with Gasteiger partial charge in [0.25, 0.3) is 5.91 Å². The summed E-state index contributed by atoms with van der Waals surface area (Å²) < 4.78 is 4.97. The highest BCUT2D eigenvalue weighted by molar-refractivity contribution is 7.98. The summed E-state index contributed by atoms with van der Waals surface area (Å²) >= 11 is 1.50. The van der Waals surface area contributed by atoms with Crippen LogP contribution in [0.1, 0.15) is 16.8 Å². The van der Waals surface area contributed by atoms with Crippen molar-refractivity contribution in [2.24, 2.45) is 0 Å². The number of carboxylic acids is 1. The molecule has 0 aromatic heterocycles. The van der Waals surface area contributed by atoms with Crippen LogP contribution in [0.3, 0.4) is 0 Å². The van der Waals surface area contributed by atoms with E-state index in [1.165, 1.54) is 37.1 Å². The van der Waals surface area contributed by atoms with Crippen LogP contribution in [-0.2, 0) is 4.79 Å². The van der Waals surface area contributed by atoms with E-state index in [4.69, 9.17) is 9.84 Å². The molecule has 0 heterocycles. The number of carbonyl (C=O) groups excluding carboxylic acids is 1. The summed E-state index contributed by atoms with van der Waals surface area (Å²) in [6, 6.07) is 3.21. The Bertz CT molecular complexity index is 492. The number of ether oxygens (including phenoxy) is 1. The predicted molar refractivity (Wildman–Crippen MR) is 76.5 cm³/mol. The zero-order chi connectivity index (χ0) is 15.1. The van der Waals surface area contributed by atoms with Crippen molar-refractivity contribution in [3.8, 4) is 11.5 Å². The Labute approximate surface area is 121 Å². The molecule has 0 spiro atoms. The molecule has 20 heavy (non-hydrogen) atoms. The maximum Gasteiger partial charge on any atom is 0.326 e. The quantitative estimate of drug-likeness (QED) is 0.703. The summed E-state index contributed by atoms with van der Waals surface area (Å²) in [5.41, 5.74) is -0.0141. The van der Waals surface area contributed by atoms with Gasteiger partial charge in [-0.2, -0.15) is 11.8 Å². The molecule has 3 N–H and O–H groups in total. The fourth-order valence-corrected chi connectivity index (χ4v) is 2.02. The molecule has 1 rings (SSSR count). The number of phenolic OH excluding ortho intramolecular Hbond substituents is 1. The van der Waals surface area contributed by atoms with Gasteiger partial charge >= 0.3 is 5.97 Å². The lowest BCUT2D eigenvalue weighted by Gasteiger charge is -2.14. The average molecular weight is 299 g/mol. The van der Waals surface area contributed by atoms with Crippen molar-refractivity contribution in [3.63, 3.8) is 0 Å². The molecule has 1 aromatic rings. The van der Waals surface area contributed by atoms with Crippen LogP contribution in [0.5, 0.6) is 11.5 Å². The number of carbonyl (C=O) groups is 2. The molecule has 1 aromatic carbocycles. The molecule has 0 saturated heterocycles. The third kappa shape index (κ3) is 4.34. The van der Waals surface area contributed by atoms with Crippen molar-refractivity contribution in [2.45, 2.75) is 12.5 Å². The van der Waals surface area contributed by atoms with Crippen LogP contribution in [0.2, 0.25) is 0 Å². The van der Waals surface area contributed by atoms with Crippen LogP contribution in [-0.4, -0.2) is 47.2 Å². The lowest BCUT2D eigenvalue weighted by molar-refractivity contribution is -0.139. The number of hydrogen-bond acceptors (Lipinski definition) is 5. The second-order valence-corrected chi connectivity index (χ2v) is 5.01. The number of nitrogens with one attached hydrogen (secondary N) is 1. The number of phenols is 1. The summed E-state index contributed by atoms with van der Waals surface area (Å²) in [6.07, 6.45) is 2.17. The van der Waals surface area contributed by atoms with Crippen molar-refractivity contribution in [1.29, 1.82) is 0 Å². The van der Waals surface area contributed by atoms with Crippen molar-refractivity contribution in [2.75, 3.05) is 19.1 Å². The fraction of sp³-hybridized carbons (Fsp3) is 0.385. The summed E-state index contributed by atoms with van der Waals surface area (Å²) in [4.78, 5) is 23.1. The number of methoxy groups -OCH3 is 1. The topological polar surface area (TPSA) is 95.9 Å². The van der Waals surface area contributed by atoms with Gasteiger partial charge in [-0.3, -0.25) is 4.79 Å². The standard InChI is InChI=1S/C13H17NO5S/c1-19-8-3-4-11(15)9(7-8)12(16)14-10(13(17)18)5-6-20-2/h3-4,7,10,15H,5-6H2,1-2H3,(H,14,16)(H,17,18)/t10-/m1/s1. The molecule has 6 nitrogen and oxygen atoms in total. The van der Waals surface area contributed by atoms with E-state index < -0.39 is 17.9 Å². The normalized spacial score (nSPS) is 11.7. The number of hydrogen-bond donors (Lipinski definition) is 3. The molecule has 1 amide bonds. The molecule has 0 aliphatic rings. The lowest BCUT2D eigenvalue weighted by atomic mass is 10.1. The Hall–Kier alpha value is -1.89. The molecule has 1 atom stereocenters. The molecular weight excluding hydrogens is 282 g/mol. The van der Waals surface area contributed by atoms with E-state index in [0.717, 1.165) is 0 Å². The first-order chi connectivity index (χ1) is 9.49. The van der Waals surface area contributed by atoms with Gasteiger partial charge in [-0.05, 0) is 36.6 Å². The van der Waals surface area contributed by atoms with Crippen molar-refractivity contribution < 1.29 is 24.5 Å². The van der Waals surface area contributed by atoms with Crippen LogP contribution in [0, 0.1) is 0 Å². The highest BCUT2D eigenvalue weighted by Crippen LogP contribution is 2.22. The van der Waals surface area contributed by atoms with Gasteiger partial charge in [0.05, 0.1) is 12.7 Å². The first kappa shape index (κ1) is 16.2. The summed E-state index contributed by atoms with van der Waals surface area (Å²) in [7, 11) is 1.44.